The van der Waals surface area contributed by atoms with Gasteiger partial charge < -0.3 is 29.5 Å². The summed E-state index contributed by atoms with van der Waals surface area (Å²) in [6.07, 6.45) is -2.02. The third kappa shape index (κ3) is 5.62. The highest BCUT2D eigenvalue weighted by Crippen LogP contribution is 2.57. The van der Waals surface area contributed by atoms with E-state index >= 15 is 8.78 Å². The maximum Gasteiger partial charge on any atom is 0.303 e. The highest BCUT2D eigenvalue weighted by molar-refractivity contribution is 6.30. The number of rotatable bonds is 11. The van der Waals surface area contributed by atoms with Gasteiger partial charge in [-0.3, -0.25) is 4.79 Å². The van der Waals surface area contributed by atoms with Crippen LogP contribution in [-0.2, 0) is 25.6 Å². The standard InChI is InChI=1S/C34H38ClF2NO7/c1-4-33(42,32(37)15-17-45-18-16-32)23-19-26-30(27(36)20-23)34(44-3,22-7-9-24(35)10-8-22)38(31(26)41)28(13-14-29(39)40)21-5-11-25(43-2)12-6-21/h5-12,19-20,28,31,41-42H,4,13-18H2,1-3H3,(H,39,40)/t28-,31?,33+,34+/m0/s1. The number of hydrogen-bond donors (Lipinski definition) is 3. The number of carboxylic acid groups (broad SMARTS) is 1. The lowest BCUT2D eigenvalue weighted by Gasteiger charge is -2.44. The summed E-state index contributed by atoms with van der Waals surface area (Å²) < 4.78 is 50.1. The van der Waals surface area contributed by atoms with Crippen LogP contribution < -0.4 is 4.74 Å². The van der Waals surface area contributed by atoms with Gasteiger partial charge in [0.2, 0.25) is 0 Å². The molecule has 11 heteroatoms. The molecule has 2 aliphatic heterocycles. The Kier molecular flexibility index (Phi) is 9.56. The fourth-order valence-corrected chi connectivity index (χ4v) is 7.13. The number of alkyl halides is 1. The SMILES string of the molecule is CC[C@@](O)(c1cc(F)c2c(c1)C(O)N([C@@H](CCC(=O)O)c1ccc(OC)cc1)[C@@]2(OC)c1ccc(Cl)cc1)C1(F)CCOCC1. The molecule has 5 rings (SSSR count). The zero-order chi connectivity index (χ0) is 32.6. The number of fused-ring (bicyclic) bond motifs is 1. The van der Waals surface area contributed by atoms with Gasteiger partial charge in [-0.25, -0.2) is 13.7 Å². The van der Waals surface area contributed by atoms with E-state index in [0.29, 0.717) is 21.9 Å². The zero-order valence-corrected chi connectivity index (χ0v) is 26.2. The van der Waals surface area contributed by atoms with Gasteiger partial charge in [0.1, 0.15) is 29.1 Å². The molecular formula is C34H38ClF2NO7. The van der Waals surface area contributed by atoms with Gasteiger partial charge in [-0.1, -0.05) is 42.8 Å². The first-order chi connectivity index (χ1) is 21.5. The fraction of sp³-hybridized carbons (Fsp3) is 0.441. The normalized spacial score (nSPS) is 23.2. The molecular weight excluding hydrogens is 608 g/mol. The molecule has 2 aliphatic rings. The number of aliphatic hydroxyl groups is 2. The molecule has 0 spiro atoms. The van der Waals surface area contributed by atoms with Crippen LogP contribution >= 0.6 is 11.6 Å². The van der Waals surface area contributed by atoms with Gasteiger partial charge >= 0.3 is 5.97 Å². The van der Waals surface area contributed by atoms with Crippen LogP contribution in [0, 0.1) is 5.82 Å². The van der Waals surface area contributed by atoms with Crippen molar-refractivity contribution in [2.24, 2.45) is 0 Å². The van der Waals surface area contributed by atoms with Crippen LogP contribution in [0.25, 0.3) is 0 Å². The molecule has 0 aromatic heterocycles. The van der Waals surface area contributed by atoms with E-state index < -0.39 is 41.1 Å². The molecule has 3 aromatic rings. The number of aliphatic hydroxyl groups excluding tert-OH is 1. The summed E-state index contributed by atoms with van der Waals surface area (Å²) in [5.41, 5.74) is -4.88. The predicted molar refractivity (Wildman–Crippen MR) is 163 cm³/mol. The van der Waals surface area contributed by atoms with E-state index in [9.17, 15) is 20.1 Å². The van der Waals surface area contributed by atoms with E-state index in [0.717, 1.165) is 6.07 Å². The monoisotopic (exact) mass is 645 g/mol. The van der Waals surface area contributed by atoms with E-state index in [1.807, 2.05) is 0 Å². The molecule has 2 heterocycles. The molecule has 4 atom stereocenters. The van der Waals surface area contributed by atoms with E-state index in [1.54, 1.807) is 55.5 Å². The van der Waals surface area contributed by atoms with Crippen LogP contribution in [0.2, 0.25) is 5.02 Å². The molecule has 0 bridgehead atoms. The third-order valence-electron chi connectivity index (χ3n) is 9.38. The number of nitrogens with zero attached hydrogens (tertiary/aromatic N) is 1. The number of halogens is 3. The summed E-state index contributed by atoms with van der Waals surface area (Å²) in [5, 5.41) is 34.1. The number of methoxy groups -OCH3 is 2. The Morgan fingerprint density at radius 3 is 2.33 bits per heavy atom. The lowest BCUT2D eigenvalue weighted by molar-refractivity contribution is -0.184. The van der Waals surface area contributed by atoms with Gasteiger partial charge in [0.05, 0.1) is 7.11 Å². The lowest BCUT2D eigenvalue weighted by Crippen LogP contribution is -2.51. The molecule has 0 radical (unpaired) electrons. The summed E-state index contributed by atoms with van der Waals surface area (Å²) >= 11 is 6.22. The molecule has 1 unspecified atom stereocenters. The van der Waals surface area contributed by atoms with Crippen LogP contribution in [0.3, 0.4) is 0 Å². The Labute approximate surface area is 266 Å². The zero-order valence-electron chi connectivity index (χ0n) is 25.4. The minimum absolute atomic E-state index is 0.0146. The van der Waals surface area contributed by atoms with Crippen molar-refractivity contribution < 1.29 is 43.1 Å². The van der Waals surface area contributed by atoms with Crippen molar-refractivity contribution in [1.82, 2.24) is 4.90 Å². The van der Waals surface area contributed by atoms with Crippen molar-refractivity contribution in [2.75, 3.05) is 27.4 Å². The van der Waals surface area contributed by atoms with Crippen LogP contribution in [-0.4, -0.2) is 59.3 Å². The number of benzene rings is 3. The highest BCUT2D eigenvalue weighted by atomic mass is 35.5. The second-order valence-corrected chi connectivity index (χ2v) is 12.0. The average molecular weight is 646 g/mol. The van der Waals surface area contributed by atoms with Gasteiger partial charge in [-0.05, 0) is 60.4 Å². The van der Waals surface area contributed by atoms with Crippen molar-refractivity contribution in [3.63, 3.8) is 0 Å². The molecule has 0 amide bonds. The number of hydrogen-bond acceptors (Lipinski definition) is 7. The fourth-order valence-electron chi connectivity index (χ4n) is 7.00. The molecule has 0 saturated carbocycles. The first-order valence-electron chi connectivity index (χ1n) is 14.9. The quantitative estimate of drug-likeness (QED) is 0.221. The number of carboxylic acids is 1. The van der Waals surface area contributed by atoms with Crippen LogP contribution in [0.1, 0.15) is 79.1 Å². The van der Waals surface area contributed by atoms with Gasteiger partial charge in [-0.15, -0.1) is 0 Å². The molecule has 242 valence electrons. The molecule has 1 fully saturated rings. The topological polar surface area (TPSA) is 109 Å². The van der Waals surface area contributed by atoms with Crippen molar-refractivity contribution in [3.8, 4) is 5.75 Å². The van der Waals surface area contributed by atoms with E-state index in [4.69, 9.17) is 25.8 Å². The minimum atomic E-state index is -2.09. The van der Waals surface area contributed by atoms with Gasteiger partial charge in [-0.2, -0.15) is 0 Å². The Morgan fingerprint density at radius 2 is 1.78 bits per heavy atom. The summed E-state index contributed by atoms with van der Waals surface area (Å²) in [6, 6.07) is 15.2. The Hall–Kier alpha value is -3.12. The van der Waals surface area contributed by atoms with Gasteiger partial charge in [0.25, 0.3) is 0 Å². The molecule has 3 N–H and O–H groups in total. The third-order valence-corrected chi connectivity index (χ3v) is 9.63. The van der Waals surface area contributed by atoms with Gasteiger partial charge in [0, 0.05) is 67.3 Å². The lowest BCUT2D eigenvalue weighted by atomic mass is 9.72. The predicted octanol–water partition coefficient (Wildman–Crippen LogP) is 6.36. The van der Waals surface area contributed by atoms with Crippen molar-refractivity contribution in [2.45, 2.75) is 68.3 Å². The second-order valence-electron chi connectivity index (χ2n) is 11.6. The maximum atomic E-state index is 16.8. The first kappa shape index (κ1) is 33.2. The van der Waals surface area contributed by atoms with Crippen LogP contribution in [0.4, 0.5) is 8.78 Å². The Bertz CT molecular complexity index is 1520. The number of ether oxygens (including phenoxy) is 3. The van der Waals surface area contributed by atoms with E-state index in [1.165, 1.54) is 25.2 Å². The summed E-state index contributed by atoms with van der Waals surface area (Å²) in [5.74, 6) is -1.31. The van der Waals surface area contributed by atoms with Crippen LogP contribution in [0.15, 0.2) is 60.7 Å². The first-order valence-corrected chi connectivity index (χ1v) is 15.3. The number of carbonyl (C=O) groups is 1. The summed E-state index contributed by atoms with van der Waals surface area (Å²) in [4.78, 5) is 13.4. The average Bonchev–Trinajstić information content (AvgIpc) is 3.30. The van der Waals surface area contributed by atoms with Crippen molar-refractivity contribution in [3.05, 3.63) is 99.3 Å². The largest absolute Gasteiger partial charge is 0.497 e. The molecule has 1 saturated heterocycles. The maximum absolute atomic E-state index is 16.8. The highest BCUT2D eigenvalue weighted by Gasteiger charge is 2.58. The van der Waals surface area contributed by atoms with Crippen molar-refractivity contribution in [1.29, 1.82) is 0 Å². The van der Waals surface area contributed by atoms with Crippen molar-refractivity contribution >= 4 is 17.6 Å². The molecule has 8 nitrogen and oxygen atoms in total. The Balaban J connectivity index is 1.76. The molecule has 45 heavy (non-hydrogen) atoms. The van der Waals surface area contributed by atoms with E-state index in [2.05, 4.69) is 0 Å². The summed E-state index contributed by atoms with van der Waals surface area (Å²) in [7, 11) is 2.90. The summed E-state index contributed by atoms with van der Waals surface area (Å²) in [6.45, 7) is 1.85. The smallest absolute Gasteiger partial charge is 0.303 e. The molecule has 0 aliphatic carbocycles. The Morgan fingerprint density at radius 1 is 1.13 bits per heavy atom. The second kappa shape index (κ2) is 12.9. The van der Waals surface area contributed by atoms with Gasteiger partial charge in [0.15, 0.2) is 5.72 Å². The molecule has 3 aromatic carbocycles. The van der Waals surface area contributed by atoms with E-state index in [-0.39, 0.29) is 62.0 Å². The number of aliphatic carboxylic acids is 1. The minimum Gasteiger partial charge on any atom is -0.497 e. The van der Waals surface area contributed by atoms with Crippen LogP contribution in [0.5, 0.6) is 5.75 Å².